The normalized spacial score (nSPS) is 11.6. The number of halogens is 1. The predicted molar refractivity (Wildman–Crippen MR) is 98.0 cm³/mol. The molecule has 0 bridgehead atoms. The number of methoxy groups -OCH3 is 1. The molecule has 0 aliphatic heterocycles. The first-order valence-corrected chi connectivity index (χ1v) is 8.47. The Balaban J connectivity index is 2.75. The number of carbonyl (C=O) groups excluding carboxylic acids is 3. The topological polar surface area (TPSA) is 81.7 Å². The molecule has 1 rings (SSSR count). The molecule has 1 aromatic rings. The van der Waals surface area contributed by atoms with E-state index in [4.69, 9.17) is 4.74 Å². The Bertz CT molecular complexity index is 676. The van der Waals surface area contributed by atoms with Gasteiger partial charge in [0.2, 0.25) is 0 Å². The largest absolute Gasteiger partial charge is 0.465 e. The highest BCUT2D eigenvalue weighted by Gasteiger charge is 2.20. The summed E-state index contributed by atoms with van der Waals surface area (Å²) in [6.07, 6.45) is 0.802. The molecule has 0 saturated carbocycles. The van der Waals surface area contributed by atoms with Crippen molar-refractivity contribution < 1.29 is 23.9 Å². The first kappa shape index (κ1) is 20.9. The molecule has 0 radical (unpaired) electrons. The van der Waals surface area contributed by atoms with Gasteiger partial charge in [0.1, 0.15) is 11.2 Å². The van der Waals surface area contributed by atoms with Crippen molar-refractivity contribution in [2.75, 3.05) is 13.7 Å². The van der Waals surface area contributed by atoms with Crippen LogP contribution in [-0.4, -0.2) is 37.1 Å². The number of esters is 1. The van der Waals surface area contributed by atoms with Crippen LogP contribution in [0.4, 0.5) is 4.79 Å². The number of Topliss-reactive ketones (excluding diaryl/α,β-unsaturated/α-hetero) is 1. The molecule has 0 heterocycles. The average molecular weight is 412 g/mol. The van der Waals surface area contributed by atoms with Gasteiger partial charge in [-0.1, -0.05) is 28.1 Å². The van der Waals surface area contributed by atoms with E-state index in [0.29, 0.717) is 5.56 Å². The number of hydrogen-bond donors (Lipinski definition) is 1. The van der Waals surface area contributed by atoms with E-state index in [9.17, 15) is 14.4 Å². The molecule has 25 heavy (non-hydrogen) atoms. The molecule has 0 atom stereocenters. The fourth-order valence-electron chi connectivity index (χ4n) is 1.85. The summed E-state index contributed by atoms with van der Waals surface area (Å²) in [5, 5.41) is 2.49. The molecule has 0 aliphatic carbocycles. The van der Waals surface area contributed by atoms with Crippen LogP contribution in [0.5, 0.6) is 0 Å². The van der Waals surface area contributed by atoms with Gasteiger partial charge in [0.25, 0.3) is 0 Å². The van der Waals surface area contributed by atoms with E-state index in [-0.39, 0.29) is 18.5 Å². The zero-order chi connectivity index (χ0) is 19.0. The molecule has 1 N–H and O–H groups in total. The van der Waals surface area contributed by atoms with Gasteiger partial charge < -0.3 is 14.8 Å². The van der Waals surface area contributed by atoms with Crippen molar-refractivity contribution in [2.24, 2.45) is 0 Å². The van der Waals surface area contributed by atoms with Crippen LogP contribution in [-0.2, 0) is 19.1 Å². The average Bonchev–Trinajstić information content (AvgIpc) is 2.50. The minimum Gasteiger partial charge on any atom is -0.465 e. The number of carbonyl (C=O) groups is 3. The number of alkyl carbamates (subject to hydrolysis) is 1. The Morgan fingerprint density at radius 2 is 1.92 bits per heavy atom. The molecule has 1 aromatic carbocycles. The van der Waals surface area contributed by atoms with Crippen molar-refractivity contribution in [1.29, 1.82) is 0 Å². The van der Waals surface area contributed by atoms with E-state index in [0.717, 1.165) is 4.47 Å². The number of amides is 1. The molecule has 1 amide bonds. The summed E-state index contributed by atoms with van der Waals surface area (Å²) in [5.74, 6) is -1.15. The molecule has 0 fully saturated rings. The number of ketones is 1. The summed E-state index contributed by atoms with van der Waals surface area (Å²) in [6, 6.07) is 7.16. The van der Waals surface area contributed by atoms with Gasteiger partial charge in [-0.2, -0.15) is 0 Å². The zero-order valence-corrected chi connectivity index (χ0v) is 16.3. The van der Waals surface area contributed by atoms with E-state index >= 15 is 0 Å². The number of benzene rings is 1. The van der Waals surface area contributed by atoms with E-state index in [2.05, 4.69) is 26.0 Å². The lowest BCUT2D eigenvalue weighted by molar-refractivity contribution is -0.137. The van der Waals surface area contributed by atoms with E-state index in [1.165, 1.54) is 13.2 Å². The van der Waals surface area contributed by atoms with Crippen molar-refractivity contribution in [1.82, 2.24) is 5.32 Å². The number of rotatable bonds is 6. The second-order valence-electron chi connectivity index (χ2n) is 6.21. The lowest BCUT2D eigenvalue weighted by atomic mass is 10.0. The Morgan fingerprint density at radius 3 is 2.48 bits per heavy atom. The second-order valence-corrected chi connectivity index (χ2v) is 7.12. The van der Waals surface area contributed by atoms with Crippen molar-refractivity contribution in [3.8, 4) is 0 Å². The van der Waals surface area contributed by atoms with Crippen LogP contribution in [0.15, 0.2) is 34.3 Å². The first-order valence-electron chi connectivity index (χ1n) is 7.68. The van der Waals surface area contributed by atoms with Crippen LogP contribution in [0.2, 0.25) is 0 Å². The quantitative estimate of drug-likeness (QED) is 0.335. The molecule has 0 unspecified atom stereocenters. The van der Waals surface area contributed by atoms with E-state index in [1.807, 2.05) is 6.07 Å². The summed E-state index contributed by atoms with van der Waals surface area (Å²) in [6.45, 7) is 5.29. The van der Waals surface area contributed by atoms with Crippen molar-refractivity contribution in [2.45, 2.75) is 32.8 Å². The van der Waals surface area contributed by atoms with Crippen molar-refractivity contribution in [3.63, 3.8) is 0 Å². The lowest BCUT2D eigenvalue weighted by Crippen LogP contribution is -2.34. The lowest BCUT2D eigenvalue weighted by Gasteiger charge is -2.19. The van der Waals surface area contributed by atoms with E-state index in [1.54, 1.807) is 39.0 Å². The molecule has 0 saturated heterocycles. The number of ether oxygens (including phenoxy) is 2. The van der Waals surface area contributed by atoms with Crippen LogP contribution in [0.25, 0.3) is 6.08 Å². The number of hydrogen-bond acceptors (Lipinski definition) is 5. The molecule has 7 heteroatoms. The molecular formula is C18H22BrNO5. The maximum atomic E-state index is 12.3. The van der Waals surface area contributed by atoms with Gasteiger partial charge in [0.15, 0.2) is 5.78 Å². The summed E-state index contributed by atoms with van der Waals surface area (Å²) in [5.41, 5.74) is -0.0129. The minimum atomic E-state index is -0.720. The number of nitrogens with one attached hydrogen (secondary N) is 1. The molecule has 0 aromatic heterocycles. The predicted octanol–water partition coefficient (Wildman–Crippen LogP) is 3.49. The Kier molecular flexibility index (Phi) is 7.83. The molecular weight excluding hydrogens is 390 g/mol. The van der Waals surface area contributed by atoms with Crippen LogP contribution in [0.1, 0.15) is 32.8 Å². The molecule has 6 nitrogen and oxygen atoms in total. The standard InChI is InChI=1S/C18H22BrNO5/c1-18(2,3)25-17(23)20-9-8-15(21)14(16(22)24-4)11-12-6-5-7-13(19)10-12/h5-7,10-11H,8-9H2,1-4H3,(H,20,23)/b14-11+. The van der Waals surface area contributed by atoms with E-state index < -0.39 is 23.4 Å². The summed E-state index contributed by atoms with van der Waals surface area (Å²) in [4.78, 5) is 35.8. The Labute approximate surface area is 155 Å². The SMILES string of the molecule is COC(=O)/C(=C/c1cccc(Br)c1)C(=O)CCNC(=O)OC(C)(C)C. The first-order chi connectivity index (χ1) is 11.6. The highest BCUT2D eigenvalue weighted by atomic mass is 79.9. The third-order valence-electron chi connectivity index (χ3n) is 2.89. The Hall–Kier alpha value is -2.15. The maximum Gasteiger partial charge on any atom is 0.407 e. The van der Waals surface area contributed by atoms with Gasteiger partial charge in [0, 0.05) is 17.4 Å². The van der Waals surface area contributed by atoms with Gasteiger partial charge in [-0.3, -0.25) is 4.79 Å². The summed E-state index contributed by atoms with van der Waals surface area (Å²) < 4.78 is 10.6. The van der Waals surface area contributed by atoms with Gasteiger partial charge >= 0.3 is 12.1 Å². The van der Waals surface area contributed by atoms with Crippen LogP contribution < -0.4 is 5.32 Å². The fraction of sp³-hybridized carbons (Fsp3) is 0.389. The zero-order valence-electron chi connectivity index (χ0n) is 14.7. The van der Waals surface area contributed by atoms with Crippen LogP contribution >= 0.6 is 15.9 Å². The van der Waals surface area contributed by atoms with Gasteiger partial charge in [0.05, 0.1) is 7.11 Å². The van der Waals surface area contributed by atoms with Crippen molar-refractivity contribution in [3.05, 3.63) is 39.9 Å². The highest BCUT2D eigenvalue weighted by Crippen LogP contribution is 2.16. The third-order valence-corrected chi connectivity index (χ3v) is 3.38. The minimum absolute atomic E-state index is 0.0474. The Morgan fingerprint density at radius 1 is 1.24 bits per heavy atom. The van der Waals surface area contributed by atoms with Crippen molar-refractivity contribution >= 4 is 39.9 Å². The van der Waals surface area contributed by atoms with Crippen LogP contribution in [0, 0.1) is 0 Å². The fourth-order valence-corrected chi connectivity index (χ4v) is 2.27. The smallest absolute Gasteiger partial charge is 0.407 e. The maximum absolute atomic E-state index is 12.3. The second kappa shape index (κ2) is 9.36. The monoisotopic (exact) mass is 411 g/mol. The molecule has 0 spiro atoms. The van der Waals surface area contributed by atoms with Crippen LogP contribution in [0.3, 0.4) is 0 Å². The van der Waals surface area contributed by atoms with Gasteiger partial charge in [-0.15, -0.1) is 0 Å². The third kappa shape index (κ3) is 7.98. The summed E-state index contributed by atoms with van der Waals surface area (Å²) >= 11 is 3.33. The molecule has 0 aliphatic rings. The highest BCUT2D eigenvalue weighted by molar-refractivity contribution is 9.10. The van der Waals surface area contributed by atoms with Gasteiger partial charge in [-0.05, 0) is 44.5 Å². The molecule has 136 valence electrons. The van der Waals surface area contributed by atoms with Gasteiger partial charge in [-0.25, -0.2) is 9.59 Å². The summed E-state index contributed by atoms with van der Waals surface area (Å²) in [7, 11) is 1.21.